The number of carbonyl (C=O) groups is 5. The lowest BCUT2D eigenvalue weighted by Gasteiger charge is -2.34. The van der Waals surface area contributed by atoms with E-state index in [-0.39, 0.29) is 60.5 Å². The SMILES string of the molecule is COc1cc2c(cc1OCCCOc1cc3c(cc1C)C(=O)N1C=C(c4ccc(NC(=O)[C@H](C)CC(=O)[C@@H](NC(=O)OCC5c6ccccc6-c6ccccc65)C(C)C)cc4)C[C@H]1C=N3)N=C[C@@H]1CC(c3ccc(N4CCN(C)CC4)cc3)=CN1C2=O. The highest BCUT2D eigenvalue weighted by Crippen LogP contribution is 2.45. The van der Waals surface area contributed by atoms with Gasteiger partial charge in [0.15, 0.2) is 17.3 Å². The molecule has 0 aromatic heterocycles. The van der Waals surface area contributed by atoms with Crippen LogP contribution in [0.5, 0.6) is 17.2 Å². The lowest BCUT2D eigenvalue weighted by atomic mass is 9.93. The number of alkyl carbamates (subject to hydrolysis) is 1. The molecule has 87 heavy (non-hydrogen) atoms. The van der Waals surface area contributed by atoms with Crippen LogP contribution >= 0.6 is 0 Å². The number of Topliss-reactive ketones (excluding diaryl/α,β-unsaturated/α-hetero) is 1. The second-order valence-corrected chi connectivity index (χ2v) is 23.7. The molecule has 6 aromatic carbocycles. The molecular formula is C70H72N8O9. The number of hydrogen-bond acceptors (Lipinski definition) is 13. The van der Waals surface area contributed by atoms with E-state index < -0.39 is 18.1 Å². The zero-order chi connectivity index (χ0) is 60.5. The number of anilines is 2. The van der Waals surface area contributed by atoms with Crippen molar-refractivity contribution < 1.29 is 42.9 Å². The molecule has 0 unspecified atom stereocenters. The summed E-state index contributed by atoms with van der Waals surface area (Å²) >= 11 is 0. The molecule has 6 aromatic rings. The number of benzene rings is 6. The fourth-order valence-corrected chi connectivity index (χ4v) is 12.5. The average molecular weight is 1170 g/mol. The molecule has 0 spiro atoms. The number of hydrogen-bond donors (Lipinski definition) is 2. The lowest BCUT2D eigenvalue weighted by Crippen LogP contribution is -2.45. The Hall–Kier alpha value is -9.35. The topological polar surface area (TPSA) is 184 Å². The van der Waals surface area contributed by atoms with Crippen molar-refractivity contribution in [3.63, 3.8) is 0 Å². The van der Waals surface area contributed by atoms with E-state index >= 15 is 0 Å². The van der Waals surface area contributed by atoms with E-state index in [2.05, 4.69) is 76.0 Å². The molecule has 1 saturated heterocycles. The Kier molecular flexibility index (Phi) is 16.6. The first kappa shape index (κ1) is 58.1. The summed E-state index contributed by atoms with van der Waals surface area (Å²) in [4.78, 5) is 86.3. The Labute approximate surface area is 507 Å². The molecule has 4 atom stereocenters. The molecule has 1 aliphatic carbocycles. The summed E-state index contributed by atoms with van der Waals surface area (Å²) in [6, 6.07) is 38.0. The number of rotatable bonds is 19. The van der Waals surface area contributed by atoms with Gasteiger partial charge < -0.3 is 49.2 Å². The van der Waals surface area contributed by atoms with Crippen LogP contribution in [0.4, 0.5) is 27.5 Å². The Morgan fingerprint density at radius 1 is 0.655 bits per heavy atom. The largest absolute Gasteiger partial charge is 0.493 e. The second kappa shape index (κ2) is 24.9. The predicted molar refractivity (Wildman–Crippen MR) is 338 cm³/mol. The molecule has 6 aliphatic rings. The van der Waals surface area contributed by atoms with Crippen LogP contribution in [-0.4, -0.2) is 135 Å². The van der Waals surface area contributed by atoms with Crippen LogP contribution in [-0.2, 0) is 14.3 Å². The van der Waals surface area contributed by atoms with Crippen molar-refractivity contribution in [2.75, 3.05) is 70.4 Å². The van der Waals surface area contributed by atoms with Gasteiger partial charge >= 0.3 is 6.09 Å². The van der Waals surface area contributed by atoms with Crippen LogP contribution in [0.3, 0.4) is 0 Å². The summed E-state index contributed by atoms with van der Waals surface area (Å²) in [6.45, 7) is 12.2. The maximum absolute atomic E-state index is 14.1. The van der Waals surface area contributed by atoms with E-state index in [9.17, 15) is 24.0 Å². The number of piperazine rings is 1. The number of nitrogens with one attached hydrogen (secondary N) is 2. The third kappa shape index (κ3) is 12.1. The number of likely N-dealkylation sites (N-methyl/N-ethyl adjacent to an activating group) is 1. The van der Waals surface area contributed by atoms with Gasteiger partial charge in [0, 0.05) is 112 Å². The van der Waals surface area contributed by atoms with Gasteiger partial charge in [-0.15, -0.1) is 0 Å². The molecule has 5 heterocycles. The van der Waals surface area contributed by atoms with Gasteiger partial charge in [0.1, 0.15) is 12.4 Å². The molecule has 5 aliphatic heterocycles. The van der Waals surface area contributed by atoms with E-state index in [1.807, 2.05) is 87.9 Å². The van der Waals surface area contributed by atoms with Crippen molar-refractivity contribution >= 4 is 75.9 Å². The van der Waals surface area contributed by atoms with Crippen molar-refractivity contribution in [2.24, 2.45) is 21.8 Å². The third-order valence-corrected chi connectivity index (χ3v) is 17.5. The second-order valence-electron chi connectivity index (χ2n) is 23.7. The maximum atomic E-state index is 14.1. The van der Waals surface area contributed by atoms with E-state index in [0.717, 1.165) is 76.3 Å². The summed E-state index contributed by atoms with van der Waals surface area (Å²) < 4.78 is 23.9. The summed E-state index contributed by atoms with van der Waals surface area (Å²) in [5.74, 6) is -0.406. The molecule has 17 nitrogen and oxygen atoms in total. The smallest absolute Gasteiger partial charge is 0.407 e. The Morgan fingerprint density at radius 2 is 1.21 bits per heavy atom. The zero-order valence-corrected chi connectivity index (χ0v) is 50.0. The van der Waals surface area contributed by atoms with E-state index in [1.54, 1.807) is 54.3 Å². The fourth-order valence-electron chi connectivity index (χ4n) is 12.5. The molecule has 1 fully saturated rings. The normalized spacial score (nSPS) is 18.3. The predicted octanol–water partition coefficient (Wildman–Crippen LogP) is 11.6. The summed E-state index contributed by atoms with van der Waals surface area (Å²) in [5, 5.41) is 5.72. The van der Waals surface area contributed by atoms with Crippen LogP contribution in [0.25, 0.3) is 22.3 Å². The Morgan fingerprint density at radius 3 is 1.79 bits per heavy atom. The Balaban J connectivity index is 0.602. The number of ether oxygens (including phenoxy) is 4. The fraction of sp³-hybridized carbons (Fsp3) is 0.329. The van der Waals surface area contributed by atoms with Crippen molar-refractivity contribution in [2.45, 2.75) is 77.4 Å². The molecule has 12 rings (SSSR count). The number of aryl methyl sites for hydroxylation is 1. The average Bonchev–Trinajstić information content (AvgIpc) is 1.87. The van der Waals surface area contributed by atoms with Crippen LogP contribution in [0.2, 0.25) is 0 Å². The molecule has 446 valence electrons. The van der Waals surface area contributed by atoms with E-state index in [1.165, 1.54) is 5.69 Å². The number of fused-ring (bicyclic) bond motifs is 7. The number of amides is 4. The highest BCUT2D eigenvalue weighted by molar-refractivity contribution is 6.07. The maximum Gasteiger partial charge on any atom is 0.407 e. The summed E-state index contributed by atoms with van der Waals surface area (Å²) in [7, 11) is 3.71. The minimum absolute atomic E-state index is 0.0761. The van der Waals surface area contributed by atoms with Crippen LogP contribution in [0.15, 0.2) is 144 Å². The standard InChI is InChI=1S/C70H72N8O9/c1-42(2)66(74-70(83)87-41-59-55-14-9-7-12-53(55)54-13-8-10-15-56(54)59)62(79)31-44(4)67(80)73-49-20-16-45(17-21-49)47-32-51-37-71-60-35-63(43(3)30-57(60)68(81)77(51)39-47)85-28-11-29-86-65-36-61-58(34-64(65)84-6)69(82)78-40-48(33-52(78)38-72-61)46-18-22-50(23-19-46)76-26-24-75(5)25-27-76/h7-10,12-23,30,34-40,42,44,51-52,59,66H,11,24-29,31-33,41H2,1-6H3,(H,73,80)(H,74,83)/t44-,51+,52+,66+/m1/s1. The number of aliphatic imine (C=N–C) groups is 2. The lowest BCUT2D eigenvalue weighted by molar-refractivity contribution is -0.127. The van der Waals surface area contributed by atoms with Crippen molar-refractivity contribution in [3.8, 4) is 28.4 Å². The van der Waals surface area contributed by atoms with E-state index in [0.29, 0.717) is 77.9 Å². The van der Waals surface area contributed by atoms with Gasteiger partial charge in [-0.25, -0.2) is 4.79 Å². The van der Waals surface area contributed by atoms with Crippen molar-refractivity contribution in [3.05, 3.63) is 173 Å². The van der Waals surface area contributed by atoms with Crippen molar-refractivity contribution in [1.82, 2.24) is 20.0 Å². The Bertz CT molecular complexity index is 3740. The molecule has 2 N–H and O–H groups in total. The quantitative estimate of drug-likeness (QED) is 0.0736. The first-order valence-corrected chi connectivity index (χ1v) is 30.0. The number of nitrogens with zero attached hydrogens (tertiary/aromatic N) is 6. The highest BCUT2D eigenvalue weighted by Gasteiger charge is 2.36. The zero-order valence-electron chi connectivity index (χ0n) is 50.0. The van der Waals surface area contributed by atoms with Crippen LogP contribution < -0.4 is 29.7 Å². The highest BCUT2D eigenvalue weighted by atomic mass is 16.5. The first-order valence-electron chi connectivity index (χ1n) is 30.0. The summed E-state index contributed by atoms with van der Waals surface area (Å²) in [5.41, 5.74) is 13.0. The van der Waals surface area contributed by atoms with Gasteiger partial charge in [0.2, 0.25) is 5.91 Å². The van der Waals surface area contributed by atoms with E-state index in [4.69, 9.17) is 28.9 Å². The van der Waals surface area contributed by atoms with Gasteiger partial charge in [0.05, 0.1) is 61.0 Å². The number of methoxy groups -OCH3 is 1. The number of carbonyl (C=O) groups excluding carboxylic acids is 5. The van der Waals surface area contributed by atoms with Gasteiger partial charge in [-0.2, -0.15) is 0 Å². The molecule has 0 bridgehead atoms. The van der Waals surface area contributed by atoms with Gasteiger partial charge in [-0.05, 0) is 106 Å². The van der Waals surface area contributed by atoms with Crippen molar-refractivity contribution in [1.29, 1.82) is 0 Å². The van der Waals surface area contributed by atoms with Gasteiger partial charge in [0.25, 0.3) is 11.8 Å². The molecular weight excluding hydrogens is 1100 g/mol. The molecule has 0 radical (unpaired) electrons. The molecule has 4 amide bonds. The first-order chi connectivity index (χ1) is 42.2. The van der Waals surface area contributed by atoms with Crippen LogP contribution in [0.1, 0.15) is 101 Å². The third-order valence-electron chi connectivity index (χ3n) is 17.5. The molecule has 17 heteroatoms. The van der Waals surface area contributed by atoms with Gasteiger partial charge in [-0.3, -0.25) is 29.2 Å². The minimum atomic E-state index is -0.838. The monoisotopic (exact) mass is 1170 g/mol. The molecule has 0 saturated carbocycles. The summed E-state index contributed by atoms with van der Waals surface area (Å²) in [6.07, 6.45) is 8.44. The minimum Gasteiger partial charge on any atom is -0.493 e. The van der Waals surface area contributed by atoms with Gasteiger partial charge in [-0.1, -0.05) is 93.6 Å². The number of ketones is 1. The van der Waals surface area contributed by atoms with Crippen LogP contribution in [0, 0.1) is 18.8 Å².